The normalized spacial score (nSPS) is 10.9. The van der Waals surface area contributed by atoms with Gasteiger partial charge in [-0.1, -0.05) is 5.16 Å². The van der Waals surface area contributed by atoms with Gasteiger partial charge in [0.25, 0.3) is 0 Å². The average molecular weight is 397 g/mol. The summed E-state index contributed by atoms with van der Waals surface area (Å²) < 4.78 is 5.21. The van der Waals surface area contributed by atoms with Gasteiger partial charge >= 0.3 is 0 Å². The Labute approximate surface area is 163 Å². The second-order valence-electron chi connectivity index (χ2n) is 5.74. The van der Waals surface area contributed by atoms with Crippen LogP contribution in [0.15, 0.2) is 46.6 Å². The average Bonchev–Trinajstić information content (AvgIpc) is 3.41. The predicted octanol–water partition coefficient (Wildman–Crippen LogP) is 4.20. The zero-order valence-corrected chi connectivity index (χ0v) is 16.0. The van der Waals surface area contributed by atoms with E-state index in [0.717, 1.165) is 16.1 Å². The maximum Gasteiger partial charge on any atom is 0.227 e. The van der Waals surface area contributed by atoms with Crippen molar-refractivity contribution >= 4 is 33.7 Å². The molecule has 0 unspecified atom stereocenters. The van der Waals surface area contributed by atoms with Gasteiger partial charge in [-0.05, 0) is 31.2 Å². The molecule has 0 fully saturated rings. The molecule has 7 nitrogen and oxygen atoms in total. The fraction of sp³-hybridized carbons (Fsp3) is 0.167. The molecule has 0 bridgehead atoms. The van der Waals surface area contributed by atoms with Crippen LogP contribution in [0.1, 0.15) is 17.2 Å². The van der Waals surface area contributed by atoms with Crippen LogP contribution in [0.5, 0.6) is 0 Å². The highest BCUT2D eigenvalue weighted by molar-refractivity contribution is 7.17. The first-order valence-electron chi connectivity index (χ1n) is 8.22. The molecule has 0 saturated heterocycles. The molecule has 9 heteroatoms. The zero-order valence-electron chi connectivity index (χ0n) is 14.4. The van der Waals surface area contributed by atoms with E-state index in [-0.39, 0.29) is 12.3 Å². The van der Waals surface area contributed by atoms with Gasteiger partial charge in [0.2, 0.25) is 17.6 Å². The number of pyridine rings is 1. The van der Waals surface area contributed by atoms with Crippen molar-refractivity contribution in [2.24, 2.45) is 0 Å². The number of carbonyl (C=O) groups is 1. The second-order valence-corrected chi connectivity index (χ2v) is 7.89. The monoisotopic (exact) mass is 397 g/mol. The molecule has 27 heavy (non-hydrogen) atoms. The highest BCUT2D eigenvalue weighted by atomic mass is 32.1. The van der Waals surface area contributed by atoms with E-state index in [1.54, 1.807) is 35.9 Å². The molecule has 1 N–H and O–H groups in total. The standard InChI is InChI=1S/C18H15N5O2S2/c1-11-2-3-14(27-11)13-10-26-18(20-13)21-15(24)4-5-16-22-17(23-25-16)12-6-8-19-9-7-12/h2-3,6-10H,4-5H2,1H3,(H,20,21,24). The first-order valence-corrected chi connectivity index (χ1v) is 9.92. The molecule has 0 atom stereocenters. The third-order valence-electron chi connectivity index (χ3n) is 3.72. The summed E-state index contributed by atoms with van der Waals surface area (Å²) in [6.07, 6.45) is 3.94. The fourth-order valence-corrected chi connectivity index (χ4v) is 4.02. The lowest BCUT2D eigenvalue weighted by atomic mass is 10.2. The third kappa shape index (κ3) is 4.26. The van der Waals surface area contributed by atoms with Gasteiger partial charge in [-0.15, -0.1) is 22.7 Å². The highest BCUT2D eigenvalue weighted by Crippen LogP contribution is 2.30. The molecular formula is C18H15N5O2S2. The number of hydrogen-bond donors (Lipinski definition) is 1. The SMILES string of the molecule is Cc1ccc(-c2csc(NC(=O)CCc3nc(-c4ccncc4)no3)n2)s1. The van der Waals surface area contributed by atoms with Crippen molar-refractivity contribution in [2.45, 2.75) is 19.8 Å². The molecular weight excluding hydrogens is 382 g/mol. The van der Waals surface area contributed by atoms with E-state index in [4.69, 9.17) is 4.52 Å². The van der Waals surface area contributed by atoms with Crippen LogP contribution in [0.2, 0.25) is 0 Å². The number of nitrogens with one attached hydrogen (secondary N) is 1. The van der Waals surface area contributed by atoms with Crippen LogP contribution in [0, 0.1) is 6.92 Å². The Kier molecular flexibility index (Phi) is 5.03. The molecule has 0 aliphatic rings. The van der Waals surface area contributed by atoms with E-state index in [2.05, 4.69) is 38.4 Å². The van der Waals surface area contributed by atoms with E-state index < -0.39 is 0 Å². The van der Waals surface area contributed by atoms with Gasteiger partial charge in [0, 0.05) is 41.1 Å². The first kappa shape index (κ1) is 17.5. The lowest BCUT2D eigenvalue weighted by molar-refractivity contribution is -0.116. The Bertz CT molecular complexity index is 1050. The maximum atomic E-state index is 12.2. The summed E-state index contributed by atoms with van der Waals surface area (Å²) in [6.45, 7) is 2.06. The fourth-order valence-electron chi connectivity index (χ4n) is 2.39. The second kappa shape index (κ2) is 7.77. The molecule has 4 aromatic rings. The van der Waals surface area contributed by atoms with Crippen LogP contribution in [-0.4, -0.2) is 26.0 Å². The molecule has 4 rings (SSSR count). The molecule has 0 saturated carbocycles. The van der Waals surface area contributed by atoms with E-state index in [1.807, 2.05) is 11.4 Å². The van der Waals surface area contributed by atoms with Gasteiger partial charge in [-0.25, -0.2) is 4.98 Å². The van der Waals surface area contributed by atoms with Gasteiger partial charge in [0.1, 0.15) is 0 Å². The minimum absolute atomic E-state index is 0.137. The van der Waals surface area contributed by atoms with Gasteiger partial charge in [-0.3, -0.25) is 9.78 Å². The topological polar surface area (TPSA) is 93.8 Å². The Hall–Kier alpha value is -2.91. The largest absolute Gasteiger partial charge is 0.339 e. The molecule has 4 heterocycles. The maximum absolute atomic E-state index is 12.2. The predicted molar refractivity (Wildman–Crippen MR) is 105 cm³/mol. The number of aryl methyl sites for hydroxylation is 2. The smallest absolute Gasteiger partial charge is 0.227 e. The van der Waals surface area contributed by atoms with Crippen molar-refractivity contribution in [1.82, 2.24) is 20.1 Å². The van der Waals surface area contributed by atoms with Crippen LogP contribution in [0.3, 0.4) is 0 Å². The molecule has 0 spiro atoms. The van der Waals surface area contributed by atoms with Crippen LogP contribution in [0.4, 0.5) is 5.13 Å². The first-order chi connectivity index (χ1) is 13.2. The minimum Gasteiger partial charge on any atom is -0.339 e. The molecule has 1 amide bonds. The van der Waals surface area contributed by atoms with Gasteiger partial charge in [0.05, 0.1) is 10.6 Å². The minimum atomic E-state index is -0.137. The number of carbonyl (C=O) groups excluding carboxylic acids is 1. The van der Waals surface area contributed by atoms with Crippen molar-refractivity contribution < 1.29 is 9.32 Å². The summed E-state index contributed by atoms with van der Waals surface area (Å²) >= 11 is 3.09. The Balaban J connectivity index is 1.33. The zero-order chi connectivity index (χ0) is 18.6. The molecule has 0 aliphatic heterocycles. The lowest BCUT2D eigenvalue weighted by Gasteiger charge is -1.99. The van der Waals surface area contributed by atoms with Crippen molar-refractivity contribution in [3.05, 3.63) is 52.8 Å². The van der Waals surface area contributed by atoms with Gasteiger partial charge in [-0.2, -0.15) is 4.98 Å². The van der Waals surface area contributed by atoms with Crippen molar-refractivity contribution in [2.75, 3.05) is 5.32 Å². The van der Waals surface area contributed by atoms with E-state index in [9.17, 15) is 4.79 Å². The highest BCUT2D eigenvalue weighted by Gasteiger charge is 2.13. The number of thiazole rings is 1. The summed E-state index contributed by atoms with van der Waals surface area (Å²) in [6, 6.07) is 7.70. The summed E-state index contributed by atoms with van der Waals surface area (Å²) in [7, 11) is 0. The Morgan fingerprint density at radius 2 is 2.04 bits per heavy atom. The van der Waals surface area contributed by atoms with E-state index in [1.165, 1.54) is 16.2 Å². The van der Waals surface area contributed by atoms with Crippen LogP contribution in [-0.2, 0) is 11.2 Å². The van der Waals surface area contributed by atoms with Crippen LogP contribution < -0.4 is 5.32 Å². The van der Waals surface area contributed by atoms with Crippen molar-refractivity contribution in [3.8, 4) is 22.0 Å². The number of anilines is 1. The van der Waals surface area contributed by atoms with E-state index in [0.29, 0.717) is 23.3 Å². The number of hydrogen-bond acceptors (Lipinski definition) is 8. The molecule has 0 aromatic carbocycles. The molecule has 0 aliphatic carbocycles. The molecule has 136 valence electrons. The summed E-state index contributed by atoms with van der Waals surface area (Å²) in [4.78, 5) is 27.2. The Morgan fingerprint density at radius 1 is 1.19 bits per heavy atom. The number of nitrogens with zero attached hydrogens (tertiary/aromatic N) is 4. The number of thiophene rings is 1. The summed E-state index contributed by atoms with van der Waals surface area (Å²) in [5, 5.41) is 9.29. The van der Waals surface area contributed by atoms with Gasteiger partial charge < -0.3 is 9.84 Å². The van der Waals surface area contributed by atoms with E-state index >= 15 is 0 Å². The number of aromatic nitrogens is 4. The Morgan fingerprint density at radius 3 is 2.81 bits per heavy atom. The van der Waals surface area contributed by atoms with Crippen molar-refractivity contribution in [1.29, 1.82) is 0 Å². The van der Waals surface area contributed by atoms with Crippen LogP contribution >= 0.6 is 22.7 Å². The third-order valence-corrected chi connectivity index (χ3v) is 5.50. The molecule has 0 radical (unpaired) electrons. The van der Waals surface area contributed by atoms with Crippen LogP contribution in [0.25, 0.3) is 22.0 Å². The van der Waals surface area contributed by atoms with Gasteiger partial charge in [0.15, 0.2) is 5.13 Å². The molecule has 4 aromatic heterocycles. The quantitative estimate of drug-likeness (QED) is 0.524. The number of rotatable bonds is 6. The number of amides is 1. The summed E-state index contributed by atoms with van der Waals surface area (Å²) in [5.41, 5.74) is 1.70. The van der Waals surface area contributed by atoms with Crippen molar-refractivity contribution in [3.63, 3.8) is 0 Å². The lowest BCUT2D eigenvalue weighted by Crippen LogP contribution is -2.12. The summed E-state index contributed by atoms with van der Waals surface area (Å²) in [5.74, 6) is 0.774.